The molecule has 6 heteroatoms. The van der Waals surface area contributed by atoms with Crippen molar-refractivity contribution < 1.29 is 4.39 Å². The molecule has 2 aromatic rings. The fourth-order valence-electron chi connectivity index (χ4n) is 1.17. The third-order valence-electron chi connectivity index (χ3n) is 1.70. The molecular formula is C8H4BFN2S2. The lowest BCUT2D eigenvalue weighted by molar-refractivity contribution is 0.604. The smallest absolute Gasteiger partial charge is 0.177 e. The van der Waals surface area contributed by atoms with Gasteiger partial charge in [-0.1, -0.05) is 0 Å². The number of rotatable bonds is 1. The fraction of sp³-hybridized carbons (Fsp3) is 0. The molecule has 2 rings (SSSR count). The van der Waals surface area contributed by atoms with Crippen LogP contribution in [0, 0.1) is 16.5 Å². The first-order valence-corrected chi connectivity index (χ1v) is 5.46. The van der Waals surface area contributed by atoms with Crippen LogP contribution in [0.5, 0.6) is 0 Å². The van der Waals surface area contributed by atoms with E-state index in [0.29, 0.717) is 10.4 Å². The molecule has 14 heavy (non-hydrogen) atoms. The summed E-state index contributed by atoms with van der Waals surface area (Å²) < 4.78 is 14.2. The zero-order valence-corrected chi connectivity index (χ0v) is 8.88. The van der Waals surface area contributed by atoms with E-state index in [-0.39, 0.29) is 5.82 Å². The highest BCUT2D eigenvalue weighted by molar-refractivity contribution is 8.03. The van der Waals surface area contributed by atoms with E-state index in [1.165, 1.54) is 17.4 Å². The number of halogens is 1. The lowest BCUT2D eigenvalue weighted by atomic mass is 10.2. The average Bonchev–Trinajstić information content (AvgIpc) is 2.45. The van der Waals surface area contributed by atoms with Gasteiger partial charge in [0.05, 0.1) is 15.1 Å². The Morgan fingerprint density at radius 1 is 1.57 bits per heavy atom. The molecule has 1 heterocycles. The number of hydrogen-bond acceptors (Lipinski definition) is 4. The van der Waals surface area contributed by atoms with E-state index in [4.69, 9.17) is 5.26 Å². The van der Waals surface area contributed by atoms with Crippen LogP contribution in [0.25, 0.3) is 10.2 Å². The van der Waals surface area contributed by atoms with E-state index in [1.807, 2.05) is 13.2 Å². The molecule has 0 amide bonds. The summed E-state index contributed by atoms with van der Waals surface area (Å²) in [4.78, 5) is 5.43. The Bertz CT molecular complexity index is 532. The van der Waals surface area contributed by atoms with E-state index in [0.717, 1.165) is 21.4 Å². The van der Waals surface area contributed by atoms with Crippen LogP contribution in [-0.2, 0) is 0 Å². The quantitative estimate of drug-likeness (QED) is 0.414. The van der Waals surface area contributed by atoms with Gasteiger partial charge in [0, 0.05) is 11.0 Å². The van der Waals surface area contributed by atoms with Crippen molar-refractivity contribution >= 4 is 46.1 Å². The number of benzene rings is 1. The Hall–Kier alpha value is -1.06. The van der Waals surface area contributed by atoms with Crippen LogP contribution in [0.1, 0.15) is 0 Å². The Labute approximate surface area is 89.2 Å². The van der Waals surface area contributed by atoms with Crippen LogP contribution >= 0.6 is 23.1 Å². The Morgan fingerprint density at radius 2 is 2.36 bits per heavy atom. The van der Waals surface area contributed by atoms with E-state index >= 15 is 0 Å². The molecular weight excluding hydrogens is 218 g/mol. The summed E-state index contributed by atoms with van der Waals surface area (Å²) in [6, 6.07) is 3.04. The summed E-state index contributed by atoms with van der Waals surface area (Å²) in [5, 5.41) is 10.3. The van der Waals surface area contributed by atoms with Gasteiger partial charge in [0.25, 0.3) is 0 Å². The Morgan fingerprint density at radius 3 is 3.07 bits per heavy atom. The van der Waals surface area contributed by atoms with E-state index in [2.05, 4.69) is 4.98 Å². The van der Waals surface area contributed by atoms with E-state index < -0.39 is 0 Å². The Kier molecular flexibility index (Phi) is 2.44. The second-order valence-electron chi connectivity index (χ2n) is 2.68. The number of nitriles is 1. The van der Waals surface area contributed by atoms with Crippen molar-refractivity contribution in [1.29, 1.82) is 5.26 Å². The largest absolute Gasteiger partial charge is 0.252 e. The number of hydrogen-bond donors (Lipinski definition) is 0. The molecule has 0 N–H and O–H groups in total. The van der Waals surface area contributed by atoms with Gasteiger partial charge in [-0.3, -0.25) is 4.98 Å². The molecule has 0 bridgehead atoms. The van der Waals surface area contributed by atoms with Crippen molar-refractivity contribution in [3.63, 3.8) is 0 Å². The number of thiazole rings is 1. The van der Waals surface area contributed by atoms with Gasteiger partial charge in [0.1, 0.15) is 11.2 Å². The molecule has 1 aromatic heterocycles. The molecule has 0 spiro atoms. The summed E-state index contributed by atoms with van der Waals surface area (Å²) in [5.74, 6) is -0.380. The lowest BCUT2D eigenvalue weighted by Gasteiger charge is -1.95. The monoisotopic (exact) mass is 222 g/mol. The van der Waals surface area contributed by atoms with E-state index in [9.17, 15) is 4.39 Å². The minimum atomic E-state index is -0.380. The molecule has 0 fully saturated rings. The molecule has 0 atom stereocenters. The highest BCUT2D eigenvalue weighted by Crippen LogP contribution is 2.27. The number of nitrogens with zero attached hydrogens (tertiary/aromatic N) is 2. The first-order valence-electron chi connectivity index (χ1n) is 3.83. The maximum absolute atomic E-state index is 13.3. The second kappa shape index (κ2) is 3.60. The molecule has 1 aromatic carbocycles. The van der Waals surface area contributed by atoms with Crippen LogP contribution in [0.15, 0.2) is 17.0 Å². The zero-order valence-electron chi connectivity index (χ0n) is 7.24. The predicted octanol–water partition coefficient (Wildman–Crippen LogP) is 1.27. The molecule has 0 saturated carbocycles. The van der Waals surface area contributed by atoms with Crippen LogP contribution in [-0.4, -0.2) is 12.8 Å². The maximum Gasteiger partial charge on any atom is 0.177 e. The van der Waals surface area contributed by atoms with Crippen molar-refractivity contribution in [1.82, 2.24) is 4.98 Å². The van der Waals surface area contributed by atoms with Gasteiger partial charge < -0.3 is 0 Å². The summed E-state index contributed by atoms with van der Waals surface area (Å²) in [7, 11) is 1.87. The zero-order chi connectivity index (χ0) is 10.1. The predicted molar refractivity (Wildman–Crippen MR) is 59.2 cm³/mol. The fourth-order valence-corrected chi connectivity index (χ4v) is 2.53. The summed E-state index contributed by atoms with van der Waals surface area (Å²) in [6.07, 6.45) is 0. The summed E-state index contributed by atoms with van der Waals surface area (Å²) in [6.45, 7) is 0. The topological polar surface area (TPSA) is 36.7 Å². The van der Waals surface area contributed by atoms with Crippen molar-refractivity contribution in [2.45, 2.75) is 4.90 Å². The van der Waals surface area contributed by atoms with Gasteiger partial charge in [0.2, 0.25) is 0 Å². The van der Waals surface area contributed by atoms with Crippen LogP contribution in [0.3, 0.4) is 0 Å². The number of fused-ring (bicyclic) bond motifs is 1. The lowest BCUT2D eigenvalue weighted by Crippen LogP contribution is -1.96. The van der Waals surface area contributed by atoms with Crippen LogP contribution in [0.2, 0.25) is 0 Å². The van der Waals surface area contributed by atoms with Crippen molar-refractivity contribution in [2.75, 3.05) is 0 Å². The standard InChI is InChI=1S/C8H4BFN2S2/c9-8-12-5-1-4(10)6(13-3-11)2-7(5)14-8/h1-2H,9H2. The molecule has 0 aliphatic carbocycles. The minimum Gasteiger partial charge on any atom is -0.252 e. The summed E-state index contributed by atoms with van der Waals surface area (Å²) in [5.41, 5.74) is 0.660. The van der Waals surface area contributed by atoms with Gasteiger partial charge in [-0.05, 0) is 17.8 Å². The summed E-state index contributed by atoms with van der Waals surface area (Å²) >= 11 is 2.34. The highest BCUT2D eigenvalue weighted by atomic mass is 32.2. The molecule has 0 radical (unpaired) electrons. The minimum absolute atomic E-state index is 0.364. The number of aromatic nitrogens is 1. The highest BCUT2D eigenvalue weighted by Gasteiger charge is 2.08. The third-order valence-corrected chi connectivity index (χ3v) is 3.26. The van der Waals surface area contributed by atoms with Gasteiger partial charge in [0.15, 0.2) is 7.85 Å². The van der Waals surface area contributed by atoms with Gasteiger partial charge in [-0.2, -0.15) is 5.26 Å². The van der Waals surface area contributed by atoms with E-state index in [1.54, 1.807) is 6.07 Å². The van der Waals surface area contributed by atoms with Crippen molar-refractivity contribution in [2.24, 2.45) is 0 Å². The van der Waals surface area contributed by atoms with Crippen LogP contribution < -0.4 is 4.91 Å². The Balaban J connectivity index is 2.65. The third kappa shape index (κ3) is 1.61. The van der Waals surface area contributed by atoms with Crippen molar-refractivity contribution in [3.05, 3.63) is 17.9 Å². The SMILES string of the molecule is Bc1nc2cc(F)c(SC#N)cc2s1. The molecule has 0 aliphatic heterocycles. The molecule has 0 unspecified atom stereocenters. The number of thiocyanates is 1. The molecule has 68 valence electrons. The molecule has 0 aliphatic rings. The second-order valence-corrected chi connectivity index (χ2v) is 4.74. The van der Waals surface area contributed by atoms with Crippen LogP contribution in [0.4, 0.5) is 4.39 Å². The number of thioether (sulfide) groups is 1. The van der Waals surface area contributed by atoms with Gasteiger partial charge in [-0.25, -0.2) is 4.39 Å². The molecule has 2 nitrogen and oxygen atoms in total. The van der Waals surface area contributed by atoms with Crippen molar-refractivity contribution in [3.8, 4) is 5.40 Å². The normalized spacial score (nSPS) is 10.3. The maximum atomic E-state index is 13.3. The molecule has 0 saturated heterocycles. The first kappa shape index (κ1) is 9.50. The van der Waals surface area contributed by atoms with Gasteiger partial charge in [-0.15, -0.1) is 11.3 Å². The first-order chi connectivity index (χ1) is 6.70. The van der Waals surface area contributed by atoms with Gasteiger partial charge >= 0.3 is 0 Å². The average molecular weight is 222 g/mol.